The first-order valence-electron chi connectivity index (χ1n) is 13.8. The highest BCUT2D eigenvalue weighted by Crippen LogP contribution is 2.40. The first-order chi connectivity index (χ1) is 18.1. The van der Waals surface area contributed by atoms with Gasteiger partial charge in [0.25, 0.3) is 0 Å². The maximum atomic E-state index is 13.4. The van der Waals surface area contributed by atoms with Gasteiger partial charge in [0.1, 0.15) is 5.84 Å². The zero-order valence-corrected chi connectivity index (χ0v) is 21.9. The minimum atomic E-state index is 0.104. The van der Waals surface area contributed by atoms with E-state index < -0.39 is 0 Å². The lowest BCUT2D eigenvalue weighted by atomic mass is 9.82. The summed E-state index contributed by atoms with van der Waals surface area (Å²) in [6, 6.07) is 17.5. The molecule has 0 bridgehead atoms. The van der Waals surface area contributed by atoms with Crippen LogP contribution in [0.2, 0.25) is 0 Å². The van der Waals surface area contributed by atoms with Crippen LogP contribution in [0.5, 0.6) is 0 Å². The molecule has 1 aromatic heterocycles. The van der Waals surface area contributed by atoms with Gasteiger partial charge in [-0.1, -0.05) is 36.8 Å². The Morgan fingerprint density at radius 2 is 1.92 bits per heavy atom. The molecule has 1 saturated heterocycles. The topological polar surface area (TPSA) is 66.1 Å². The van der Waals surface area contributed by atoms with E-state index >= 15 is 0 Å². The zero-order chi connectivity index (χ0) is 25.4. The standard InChI is InChI=1S/C30H36N6O/c1-3-36-28-13-12-25(18-27(28)30(33-36)23-10-7-11-23)34-14-15-35(29(37)17-24-19-31-21(2)32-24)26(20-34)16-22-8-5-4-6-9-22/h4-6,8-9,12-13,18,23,26H,3,7,10-11,14-17,19-20H2,1-2H3/t26-/m0/s1. The van der Waals surface area contributed by atoms with E-state index in [1.807, 2.05) is 13.0 Å². The molecule has 0 radical (unpaired) electrons. The molecule has 7 nitrogen and oxygen atoms in total. The van der Waals surface area contributed by atoms with Gasteiger partial charge in [0.15, 0.2) is 0 Å². The summed E-state index contributed by atoms with van der Waals surface area (Å²) in [4.78, 5) is 26.8. The monoisotopic (exact) mass is 496 g/mol. The Morgan fingerprint density at radius 3 is 2.62 bits per heavy atom. The van der Waals surface area contributed by atoms with Crippen molar-refractivity contribution in [1.82, 2.24) is 14.7 Å². The van der Waals surface area contributed by atoms with E-state index in [0.29, 0.717) is 25.4 Å². The third-order valence-electron chi connectivity index (χ3n) is 8.20. The van der Waals surface area contributed by atoms with Gasteiger partial charge in [0.05, 0.1) is 35.9 Å². The third-order valence-corrected chi connectivity index (χ3v) is 8.20. The molecule has 0 N–H and O–H groups in total. The summed E-state index contributed by atoms with van der Waals surface area (Å²) in [6.07, 6.45) is 5.00. The maximum absolute atomic E-state index is 13.4. The van der Waals surface area contributed by atoms with Gasteiger partial charge in [-0.25, -0.2) is 4.99 Å². The van der Waals surface area contributed by atoms with Crippen LogP contribution in [0.15, 0.2) is 58.5 Å². The van der Waals surface area contributed by atoms with Crippen molar-refractivity contribution in [2.45, 2.75) is 64.5 Å². The molecule has 2 aliphatic heterocycles. The van der Waals surface area contributed by atoms with Gasteiger partial charge in [0.2, 0.25) is 5.91 Å². The van der Waals surface area contributed by atoms with Crippen molar-refractivity contribution in [3.63, 3.8) is 0 Å². The van der Waals surface area contributed by atoms with Crippen LogP contribution in [-0.4, -0.2) is 64.4 Å². The lowest BCUT2D eigenvalue weighted by Crippen LogP contribution is -2.56. The zero-order valence-electron chi connectivity index (χ0n) is 21.9. The van der Waals surface area contributed by atoms with Crippen molar-refractivity contribution in [3.8, 4) is 0 Å². The van der Waals surface area contributed by atoms with Crippen LogP contribution in [0.1, 0.15) is 56.7 Å². The van der Waals surface area contributed by atoms with Crippen LogP contribution in [0.4, 0.5) is 5.69 Å². The number of fused-ring (bicyclic) bond motifs is 1. The number of aryl methyl sites for hydroxylation is 1. The highest BCUT2D eigenvalue weighted by Gasteiger charge is 2.32. The number of aromatic nitrogens is 2. The summed E-state index contributed by atoms with van der Waals surface area (Å²) >= 11 is 0. The predicted octanol–water partition coefficient (Wildman–Crippen LogP) is 4.85. The molecular formula is C30H36N6O. The first kappa shape index (κ1) is 23.9. The van der Waals surface area contributed by atoms with E-state index in [4.69, 9.17) is 5.10 Å². The van der Waals surface area contributed by atoms with Gasteiger partial charge in [-0.05, 0) is 56.9 Å². The number of nitrogens with zero attached hydrogens (tertiary/aromatic N) is 6. The minimum Gasteiger partial charge on any atom is -0.368 e. The van der Waals surface area contributed by atoms with Crippen LogP contribution < -0.4 is 4.90 Å². The van der Waals surface area contributed by atoms with Gasteiger partial charge < -0.3 is 9.80 Å². The molecule has 3 heterocycles. The second-order valence-corrected chi connectivity index (χ2v) is 10.6. The highest BCUT2D eigenvalue weighted by atomic mass is 16.2. The third kappa shape index (κ3) is 4.79. The molecule has 1 aliphatic carbocycles. The van der Waals surface area contributed by atoms with Crippen molar-refractivity contribution in [1.29, 1.82) is 0 Å². The quantitative estimate of drug-likeness (QED) is 0.470. The Hall–Kier alpha value is -3.48. The van der Waals surface area contributed by atoms with E-state index in [9.17, 15) is 4.79 Å². The van der Waals surface area contributed by atoms with Gasteiger partial charge in [-0.2, -0.15) is 5.10 Å². The number of carbonyl (C=O) groups is 1. The summed E-state index contributed by atoms with van der Waals surface area (Å²) in [7, 11) is 0. The van der Waals surface area contributed by atoms with Gasteiger partial charge in [0, 0.05) is 43.2 Å². The number of amides is 1. The van der Waals surface area contributed by atoms with Crippen LogP contribution in [-0.2, 0) is 17.8 Å². The number of carbonyl (C=O) groups excluding carboxylic acids is 1. The molecule has 7 heteroatoms. The number of benzene rings is 2. The van der Waals surface area contributed by atoms with Crippen molar-refractivity contribution in [2.24, 2.45) is 9.98 Å². The fourth-order valence-corrected chi connectivity index (χ4v) is 5.97. The van der Waals surface area contributed by atoms with Crippen LogP contribution in [0.25, 0.3) is 10.9 Å². The van der Waals surface area contributed by atoms with E-state index in [2.05, 4.69) is 73.9 Å². The van der Waals surface area contributed by atoms with Crippen LogP contribution in [0, 0.1) is 0 Å². The number of hydrogen-bond acceptors (Lipinski definition) is 5. The Labute approximate surface area is 218 Å². The molecule has 37 heavy (non-hydrogen) atoms. The van der Waals surface area contributed by atoms with Crippen molar-refractivity contribution in [2.75, 3.05) is 31.1 Å². The van der Waals surface area contributed by atoms with Crippen LogP contribution in [0.3, 0.4) is 0 Å². The molecule has 1 amide bonds. The minimum absolute atomic E-state index is 0.104. The molecule has 0 spiro atoms. The van der Waals surface area contributed by atoms with Gasteiger partial charge >= 0.3 is 0 Å². The smallest absolute Gasteiger partial charge is 0.228 e. The number of aliphatic imine (C=N–C) groups is 2. The Kier molecular flexibility index (Phi) is 6.53. The summed E-state index contributed by atoms with van der Waals surface area (Å²) in [5.74, 6) is 1.53. The summed E-state index contributed by atoms with van der Waals surface area (Å²) in [6.45, 7) is 7.85. The molecule has 0 unspecified atom stereocenters. The number of amidine groups is 1. The lowest BCUT2D eigenvalue weighted by Gasteiger charge is -2.43. The number of rotatable bonds is 7. The number of anilines is 1. The Bertz CT molecular complexity index is 1350. The number of piperazine rings is 1. The second-order valence-electron chi connectivity index (χ2n) is 10.6. The van der Waals surface area contributed by atoms with Gasteiger partial charge in [-0.3, -0.25) is 14.5 Å². The molecule has 1 atom stereocenters. The normalized spacial score (nSPS) is 20.2. The Morgan fingerprint density at radius 1 is 1.08 bits per heavy atom. The van der Waals surface area contributed by atoms with Crippen LogP contribution >= 0.6 is 0 Å². The molecule has 192 valence electrons. The molecule has 2 fully saturated rings. The molecule has 1 saturated carbocycles. The highest BCUT2D eigenvalue weighted by molar-refractivity contribution is 6.10. The lowest BCUT2D eigenvalue weighted by molar-refractivity contribution is -0.132. The first-order valence-corrected chi connectivity index (χ1v) is 13.8. The number of hydrogen-bond donors (Lipinski definition) is 0. The summed E-state index contributed by atoms with van der Waals surface area (Å²) in [5.41, 5.74) is 5.88. The van der Waals surface area contributed by atoms with Crippen molar-refractivity contribution in [3.05, 3.63) is 59.8 Å². The SMILES string of the molecule is CCn1nc(C2CCC2)c2cc(N3CCN(C(=O)CC4=NC(C)=NC4)[C@@H](Cc4ccccc4)C3)ccc21. The maximum Gasteiger partial charge on any atom is 0.228 e. The largest absolute Gasteiger partial charge is 0.368 e. The van der Waals surface area contributed by atoms with Crippen molar-refractivity contribution < 1.29 is 4.79 Å². The second kappa shape index (κ2) is 10.1. The Balaban J connectivity index is 1.26. The van der Waals surface area contributed by atoms with E-state index in [-0.39, 0.29) is 11.9 Å². The van der Waals surface area contributed by atoms with Crippen molar-refractivity contribution >= 4 is 34.0 Å². The molecule has 3 aromatic rings. The molecule has 3 aliphatic rings. The fourth-order valence-electron chi connectivity index (χ4n) is 5.97. The molecule has 6 rings (SSSR count). The van der Waals surface area contributed by atoms with Gasteiger partial charge in [-0.15, -0.1) is 0 Å². The average Bonchev–Trinajstić information content (AvgIpc) is 3.46. The average molecular weight is 497 g/mol. The summed E-state index contributed by atoms with van der Waals surface area (Å²) in [5, 5.41) is 6.30. The van der Waals surface area contributed by atoms with E-state index in [0.717, 1.165) is 37.6 Å². The molecule has 2 aromatic carbocycles. The van der Waals surface area contributed by atoms with E-state index in [1.54, 1.807) is 0 Å². The predicted molar refractivity (Wildman–Crippen MR) is 150 cm³/mol. The van der Waals surface area contributed by atoms with E-state index in [1.165, 1.54) is 47.1 Å². The fraction of sp³-hybridized carbons (Fsp3) is 0.467. The summed E-state index contributed by atoms with van der Waals surface area (Å²) < 4.78 is 2.15. The molecular weight excluding hydrogens is 460 g/mol.